The van der Waals surface area contributed by atoms with Gasteiger partial charge in [0.25, 0.3) is 0 Å². The second kappa shape index (κ2) is 16.4. The summed E-state index contributed by atoms with van der Waals surface area (Å²) in [6.45, 7) is 4.01. The first-order chi connectivity index (χ1) is 22.7. The van der Waals surface area contributed by atoms with Crippen molar-refractivity contribution in [3.63, 3.8) is 0 Å². The van der Waals surface area contributed by atoms with E-state index in [0.29, 0.717) is 5.69 Å². The van der Waals surface area contributed by atoms with Gasteiger partial charge in [-0.3, -0.25) is 0 Å². The van der Waals surface area contributed by atoms with Crippen molar-refractivity contribution in [3.05, 3.63) is 174 Å². The number of fused-ring (bicyclic) bond motifs is 1. The summed E-state index contributed by atoms with van der Waals surface area (Å²) in [6.07, 6.45) is 1.86. The molecule has 3 aromatic heterocycles. The third kappa shape index (κ3) is 9.36. The van der Waals surface area contributed by atoms with Crippen molar-refractivity contribution in [1.82, 2.24) is 15.0 Å². The minimum atomic E-state index is -2.16. The molecule has 0 fully saturated rings. The van der Waals surface area contributed by atoms with Gasteiger partial charge in [-0.1, -0.05) is 62.4 Å². The molecule has 45 heavy (non-hydrogen) atoms. The maximum Gasteiger partial charge on any atom is 3.00 e. The maximum atomic E-state index is 7.29. The molecule has 0 aliphatic carbocycles. The van der Waals surface area contributed by atoms with Crippen molar-refractivity contribution in [2.75, 3.05) is 0 Å². The Kier molecular flexibility index (Phi) is 10.5. The molecule has 0 aliphatic heterocycles. The fourth-order valence-electron chi connectivity index (χ4n) is 4.74. The van der Waals surface area contributed by atoms with Crippen molar-refractivity contribution < 1.29 is 24.2 Å². The van der Waals surface area contributed by atoms with E-state index in [2.05, 4.69) is 83.4 Å². The van der Waals surface area contributed by atoms with Gasteiger partial charge in [-0.05, 0) is 59.8 Å². The Morgan fingerprint density at radius 2 is 1.22 bits per heavy atom. The molecule has 0 saturated heterocycles. The van der Waals surface area contributed by atoms with Gasteiger partial charge in [0.05, 0.1) is 0 Å². The van der Waals surface area contributed by atoms with E-state index < -0.39 is 6.85 Å². The van der Waals surface area contributed by atoms with E-state index in [0.717, 1.165) is 39.3 Å². The van der Waals surface area contributed by atoms with Gasteiger partial charge >= 0.3 is 20.1 Å². The number of hydrogen-bond donors (Lipinski definition) is 0. The number of benzene rings is 4. The summed E-state index contributed by atoms with van der Waals surface area (Å²) in [5, 5.41) is 2.40. The summed E-state index contributed by atoms with van der Waals surface area (Å²) in [5.41, 5.74) is 9.10. The predicted molar refractivity (Wildman–Crippen MR) is 182 cm³/mol. The molecular weight excluding hydrogens is 727 g/mol. The molecule has 3 nitrogen and oxygen atoms in total. The van der Waals surface area contributed by atoms with E-state index in [1.54, 1.807) is 18.2 Å². The molecule has 0 aliphatic rings. The van der Waals surface area contributed by atoms with Gasteiger partial charge in [-0.15, -0.1) is 107 Å². The Hall–Kier alpha value is -4.76. The van der Waals surface area contributed by atoms with Crippen LogP contribution in [0.2, 0.25) is 0 Å². The molecule has 0 spiro atoms. The smallest absolute Gasteiger partial charge is 0.304 e. The van der Waals surface area contributed by atoms with Gasteiger partial charge in [-0.25, -0.2) is 0 Å². The molecule has 222 valence electrons. The van der Waals surface area contributed by atoms with Crippen LogP contribution in [0.1, 0.15) is 26.6 Å². The quantitative estimate of drug-likeness (QED) is 0.168. The molecule has 0 amide bonds. The summed E-state index contributed by atoms with van der Waals surface area (Å²) in [7, 11) is 0. The Morgan fingerprint density at radius 1 is 0.600 bits per heavy atom. The standard InChI is InChI=1S/C17H14N.2C12H10N.Ir/c1-12-9-13(2)11-15(10-12)17-16-6-4-3-5-14(16)7-8-18-17;2*1-10-6-5-9-12(13-10)11-7-3-2-4-8-11;/h3-10H,1-2H3;2*2-7,9H,1H3;/q3*-1;+3/i;1D3;;. The summed E-state index contributed by atoms with van der Waals surface area (Å²) >= 11 is 0. The van der Waals surface area contributed by atoms with E-state index in [1.807, 2.05) is 79.9 Å². The van der Waals surface area contributed by atoms with Crippen molar-refractivity contribution in [1.29, 1.82) is 0 Å². The first-order valence-corrected chi connectivity index (χ1v) is 14.4. The van der Waals surface area contributed by atoms with Gasteiger partial charge in [0, 0.05) is 21.7 Å². The fraction of sp³-hybridized carbons (Fsp3) is 0.0976. The third-order valence-corrected chi connectivity index (χ3v) is 6.68. The number of pyridine rings is 3. The zero-order valence-corrected chi connectivity index (χ0v) is 27.8. The number of aryl methyl sites for hydroxylation is 4. The van der Waals surface area contributed by atoms with Crippen LogP contribution in [0.3, 0.4) is 0 Å². The Bertz CT molecular complexity index is 2040. The second-order valence-corrected chi connectivity index (χ2v) is 10.3. The van der Waals surface area contributed by atoms with E-state index in [4.69, 9.17) is 4.11 Å². The second-order valence-electron chi connectivity index (χ2n) is 10.3. The first kappa shape index (κ1) is 29.0. The van der Waals surface area contributed by atoms with Crippen LogP contribution in [0, 0.1) is 45.8 Å². The maximum absolute atomic E-state index is 7.29. The normalized spacial score (nSPS) is 11.3. The van der Waals surface area contributed by atoms with Crippen molar-refractivity contribution >= 4 is 10.8 Å². The Balaban J connectivity index is 0.000000163. The summed E-state index contributed by atoms with van der Waals surface area (Å²) in [5.74, 6) is 0. The van der Waals surface area contributed by atoms with E-state index in [9.17, 15) is 0 Å². The number of rotatable bonds is 3. The van der Waals surface area contributed by atoms with Crippen molar-refractivity contribution in [3.8, 4) is 33.8 Å². The molecule has 0 unspecified atom stereocenters. The van der Waals surface area contributed by atoms with E-state index >= 15 is 0 Å². The molecule has 3 heterocycles. The van der Waals surface area contributed by atoms with Crippen LogP contribution < -0.4 is 0 Å². The van der Waals surface area contributed by atoms with Crippen LogP contribution in [-0.2, 0) is 20.1 Å². The average molecular weight is 764 g/mol. The fourth-order valence-corrected chi connectivity index (χ4v) is 4.74. The van der Waals surface area contributed by atoms with E-state index in [-0.39, 0.29) is 25.8 Å². The van der Waals surface area contributed by atoms with Crippen LogP contribution in [0.5, 0.6) is 0 Å². The van der Waals surface area contributed by atoms with Gasteiger partial charge in [0.15, 0.2) is 0 Å². The average Bonchev–Trinajstić information content (AvgIpc) is 3.09. The Labute approximate surface area is 284 Å². The Morgan fingerprint density at radius 3 is 1.82 bits per heavy atom. The molecule has 4 aromatic carbocycles. The number of aromatic nitrogens is 3. The van der Waals surface area contributed by atoms with Crippen LogP contribution in [0.4, 0.5) is 0 Å². The largest absolute Gasteiger partial charge is 3.00 e. The zero-order chi connectivity index (χ0) is 33.2. The molecule has 0 N–H and O–H groups in total. The topological polar surface area (TPSA) is 38.7 Å². The van der Waals surface area contributed by atoms with Crippen LogP contribution >= 0.6 is 0 Å². The summed E-state index contributed by atoms with van der Waals surface area (Å²) in [4.78, 5) is 13.1. The van der Waals surface area contributed by atoms with Gasteiger partial charge in [0.1, 0.15) is 0 Å². The SMILES string of the molecule is Cc1[c-]c(-c2nccc3ccccc23)cc(C)c1.Cc1cccc(-c2[c-]cccc2)n1.[2H]C([2H])([2H])c1cccc(-c2[c-]cccc2)n1.[Ir+3]. The molecule has 0 atom stereocenters. The first-order valence-electron chi connectivity index (χ1n) is 15.9. The van der Waals surface area contributed by atoms with E-state index in [1.165, 1.54) is 22.4 Å². The van der Waals surface area contributed by atoms with Crippen molar-refractivity contribution in [2.24, 2.45) is 0 Å². The van der Waals surface area contributed by atoms with Gasteiger partial charge in [0.2, 0.25) is 0 Å². The van der Waals surface area contributed by atoms with Crippen LogP contribution in [0.15, 0.2) is 134 Å². The summed E-state index contributed by atoms with van der Waals surface area (Å²) in [6, 6.07) is 50.4. The molecule has 4 heteroatoms. The molecule has 7 rings (SSSR count). The molecule has 0 saturated carbocycles. The number of nitrogens with zero attached hydrogens (tertiary/aromatic N) is 3. The molecule has 0 radical (unpaired) electrons. The van der Waals surface area contributed by atoms with Gasteiger partial charge < -0.3 is 15.0 Å². The van der Waals surface area contributed by atoms with Crippen LogP contribution in [0.25, 0.3) is 44.5 Å². The third-order valence-electron chi connectivity index (χ3n) is 6.68. The summed E-state index contributed by atoms with van der Waals surface area (Å²) < 4.78 is 21.9. The number of hydrogen-bond acceptors (Lipinski definition) is 3. The van der Waals surface area contributed by atoms with Gasteiger partial charge in [-0.2, -0.15) is 0 Å². The monoisotopic (exact) mass is 764 g/mol. The molecule has 0 bridgehead atoms. The molecular formula is C41H34IrN3. The minimum Gasteiger partial charge on any atom is -0.304 e. The molecule has 7 aromatic rings. The van der Waals surface area contributed by atoms with Crippen LogP contribution in [-0.4, -0.2) is 15.0 Å². The zero-order valence-electron chi connectivity index (χ0n) is 28.4. The van der Waals surface area contributed by atoms with Crippen molar-refractivity contribution in [2.45, 2.75) is 27.6 Å². The minimum absolute atomic E-state index is 0. The predicted octanol–water partition coefficient (Wildman–Crippen LogP) is 10.0.